The maximum Gasteiger partial charge on any atom is 0.337 e. The number of hydrogen-bond donors (Lipinski definition) is 2. The molecule has 0 heterocycles. The zero-order chi connectivity index (χ0) is 13.4. The van der Waals surface area contributed by atoms with Crippen molar-refractivity contribution < 1.29 is 14.3 Å². The van der Waals surface area contributed by atoms with Crippen LogP contribution in [0, 0.1) is 0 Å². The minimum atomic E-state index is -0.378. The molecule has 1 aromatic carbocycles. The summed E-state index contributed by atoms with van der Waals surface area (Å²) < 4.78 is 9.54. The first-order valence-corrected chi connectivity index (χ1v) is 5.80. The molecule has 0 fully saturated rings. The number of carbonyl (C=O) groups is 1. The van der Waals surface area contributed by atoms with Gasteiger partial charge in [0.15, 0.2) is 5.11 Å². The average molecular weight is 268 g/mol. The Hall–Kier alpha value is -1.66. The summed E-state index contributed by atoms with van der Waals surface area (Å²) in [5.41, 5.74) is 1.20. The van der Waals surface area contributed by atoms with Gasteiger partial charge in [0.1, 0.15) is 0 Å². The number of carbonyl (C=O) groups excluding carboxylic acids is 1. The average Bonchev–Trinajstić information content (AvgIpc) is 2.38. The lowest BCUT2D eigenvalue weighted by molar-refractivity contribution is 0.0601. The minimum Gasteiger partial charge on any atom is -0.465 e. The second kappa shape index (κ2) is 7.62. The van der Waals surface area contributed by atoms with Gasteiger partial charge in [-0.15, -0.1) is 0 Å². The summed E-state index contributed by atoms with van der Waals surface area (Å²) in [6, 6.07) is 6.93. The van der Waals surface area contributed by atoms with Crippen LogP contribution < -0.4 is 10.6 Å². The molecule has 5 nitrogen and oxygen atoms in total. The molecule has 0 aliphatic rings. The Morgan fingerprint density at radius 1 is 1.39 bits per heavy atom. The first kappa shape index (κ1) is 14.4. The summed E-state index contributed by atoms with van der Waals surface area (Å²) in [7, 11) is 2.97. The highest BCUT2D eigenvalue weighted by molar-refractivity contribution is 7.80. The molecule has 0 aliphatic carbocycles. The molecule has 0 amide bonds. The monoisotopic (exact) mass is 268 g/mol. The number of ether oxygens (including phenoxy) is 2. The SMILES string of the molecule is COCCNC(=S)Nc1cccc(C(=O)OC)c1. The van der Waals surface area contributed by atoms with Crippen molar-refractivity contribution in [2.24, 2.45) is 0 Å². The fourth-order valence-electron chi connectivity index (χ4n) is 1.28. The molecule has 6 heteroatoms. The molecule has 0 saturated carbocycles. The molecule has 1 aromatic rings. The van der Waals surface area contributed by atoms with E-state index in [0.717, 1.165) is 5.69 Å². The van der Waals surface area contributed by atoms with Crippen molar-refractivity contribution in [1.29, 1.82) is 0 Å². The van der Waals surface area contributed by atoms with Crippen LogP contribution in [0.25, 0.3) is 0 Å². The van der Waals surface area contributed by atoms with Crippen molar-refractivity contribution in [2.75, 3.05) is 32.7 Å². The molecular formula is C12H16N2O3S. The fourth-order valence-corrected chi connectivity index (χ4v) is 1.50. The number of thiocarbonyl (C=S) groups is 1. The zero-order valence-corrected chi connectivity index (χ0v) is 11.2. The molecule has 18 heavy (non-hydrogen) atoms. The zero-order valence-electron chi connectivity index (χ0n) is 10.4. The van der Waals surface area contributed by atoms with Gasteiger partial charge in [-0.2, -0.15) is 0 Å². The van der Waals surface area contributed by atoms with Crippen molar-refractivity contribution in [3.05, 3.63) is 29.8 Å². The van der Waals surface area contributed by atoms with Crippen LogP contribution in [-0.2, 0) is 9.47 Å². The van der Waals surface area contributed by atoms with Crippen molar-refractivity contribution in [2.45, 2.75) is 0 Å². The lowest BCUT2D eigenvalue weighted by Crippen LogP contribution is -2.31. The summed E-state index contributed by atoms with van der Waals surface area (Å²) in [5.74, 6) is -0.378. The number of methoxy groups -OCH3 is 2. The lowest BCUT2D eigenvalue weighted by Gasteiger charge is -2.10. The number of rotatable bonds is 5. The highest BCUT2D eigenvalue weighted by Gasteiger charge is 2.05. The third-order valence-corrected chi connectivity index (χ3v) is 2.38. The van der Waals surface area contributed by atoms with Gasteiger partial charge in [0.05, 0.1) is 19.3 Å². The second-order valence-electron chi connectivity index (χ2n) is 3.45. The van der Waals surface area contributed by atoms with Gasteiger partial charge < -0.3 is 20.1 Å². The quantitative estimate of drug-likeness (QED) is 0.478. The van der Waals surface area contributed by atoms with Crippen LogP contribution in [0.2, 0.25) is 0 Å². The molecular weight excluding hydrogens is 252 g/mol. The van der Waals surface area contributed by atoms with E-state index in [1.54, 1.807) is 25.3 Å². The van der Waals surface area contributed by atoms with E-state index in [1.165, 1.54) is 7.11 Å². The van der Waals surface area contributed by atoms with Crippen LogP contribution in [0.4, 0.5) is 5.69 Å². The third-order valence-electron chi connectivity index (χ3n) is 2.13. The van der Waals surface area contributed by atoms with Gasteiger partial charge in [-0.05, 0) is 30.4 Å². The van der Waals surface area contributed by atoms with Crippen LogP contribution in [0.3, 0.4) is 0 Å². The Kier molecular flexibility index (Phi) is 6.10. The predicted molar refractivity (Wildman–Crippen MR) is 73.9 cm³/mol. The Morgan fingerprint density at radius 3 is 2.83 bits per heavy atom. The smallest absolute Gasteiger partial charge is 0.337 e. The first-order chi connectivity index (χ1) is 8.67. The fraction of sp³-hybridized carbons (Fsp3) is 0.333. The first-order valence-electron chi connectivity index (χ1n) is 5.39. The summed E-state index contributed by atoms with van der Waals surface area (Å²) in [4.78, 5) is 11.3. The standard InChI is InChI=1S/C12H16N2O3S/c1-16-7-6-13-12(18)14-10-5-3-4-9(8-10)11(15)17-2/h3-5,8H,6-7H2,1-2H3,(H2,13,14,18). The number of benzene rings is 1. The van der Waals surface area contributed by atoms with Crippen molar-refractivity contribution in [3.8, 4) is 0 Å². The van der Waals surface area contributed by atoms with Gasteiger partial charge in [-0.3, -0.25) is 0 Å². The molecule has 0 radical (unpaired) electrons. The molecule has 98 valence electrons. The van der Waals surface area contributed by atoms with E-state index >= 15 is 0 Å². The predicted octanol–water partition coefficient (Wildman–Crippen LogP) is 1.41. The van der Waals surface area contributed by atoms with Crippen LogP contribution >= 0.6 is 12.2 Å². The number of esters is 1. The highest BCUT2D eigenvalue weighted by atomic mass is 32.1. The molecule has 0 aliphatic heterocycles. The molecule has 2 N–H and O–H groups in total. The van der Waals surface area contributed by atoms with Gasteiger partial charge >= 0.3 is 5.97 Å². The molecule has 0 spiro atoms. The van der Waals surface area contributed by atoms with E-state index in [-0.39, 0.29) is 5.97 Å². The third kappa shape index (κ3) is 4.68. The molecule has 0 unspecified atom stereocenters. The van der Waals surface area contributed by atoms with Gasteiger partial charge in [0, 0.05) is 19.3 Å². The van der Waals surface area contributed by atoms with E-state index < -0.39 is 0 Å². The molecule has 0 atom stereocenters. The van der Waals surface area contributed by atoms with Gasteiger partial charge in [-0.1, -0.05) is 6.07 Å². The molecule has 0 aromatic heterocycles. The lowest BCUT2D eigenvalue weighted by atomic mass is 10.2. The van der Waals surface area contributed by atoms with Gasteiger partial charge in [0.2, 0.25) is 0 Å². The van der Waals surface area contributed by atoms with Gasteiger partial charge in [-0.25, -0.2) is 4.79 Å². The van der Waals surface area contributed by atoms with Crippen molar-refractivity contribution in [3.63, 3.8) is 0 Å². The van der Waals surface area contributed by atoms with Crippen LogP contribution in [-0.4, -0.2) is 38.5 Å². The highest BCUT2D eigenvalue weighted by Crippen LogP contribution is 2.11. The maximum absolute atomic E-state index is 11.3. The van der Waals surface area contributed by atoms with Crippen molar-refractivity contribution in [1.82, 2.24) is 5.32 Å². The van der Waals surface area contributed by atoms with Crippen LogP contribution in [0.15, 0.2) is 24.3 Å². The largest absolute Gasteiger partial charge is 0.465 e. The molecule has 0 saturated heterocycles. The Morgan fingerprint density at radius 2 is 2.17 bits per heavy atom. The Balaban J connectivity index is 2.56. The summed E-state index contributed by atoms with van der Waals surface area (Å²) >= 11 is 5.09. The van der Waals surface area contributed by atoms with E-state index in [0.29, 0.717) is 23.8 Å². The number of anilines is 1. The Bertz CT molecular complexity index is 424. The van der Waals surface area contributed by atoms with E-state index in [4.69, 9.17) is 17.0 Å². The molecule has 0 bridgehead atoms. The number of nitrogens with one attached hydrogen (secondary N) is 2. The van der Waals surface area contributed by atoms with Gasteiger partial charge in [0.25, 0.3) is 0 Å². The van der Waals surface area contributed by atoms with E-state index in [1.807, 2.05) is 6.07 Å². The van der Waals surface area contributed by atoms with Crippen LogP contribution in [0.5, 0.6) is 0 Å². The Labute approximate surface area is 111 Å². The molecule has 1 rings (SSSR count). The van der Waals surface area contributed by atoms with E-state index in [2.05, 4.69) is 15.4 Å². The number of hydrogen-bond acceptors (Lipinski definition) is 4. The summed E-state index contributed by atoms with van der Waals surface area (Å²) in [6.07, 6.45) is 0. The van der Waals surface area contributed by atoms with E-state index in [9.17, 15) is 4.79 Å². The maximum atomic E-state index is 11.3. The summed E-state index contributed by atoms with van der Waals surface area (Å²) in [5, 5.41) is 6.43. The normalized spacial score (nSPS) is 9.67. The topological polar surface area (TPSA) is 59.6 Å². The minimum absolute atomic E-state index is 0.378. The van der Waals surface area contributed by atoms with Crippen molar-refractivity contribution >= 4 is 29.0 Å². The van der Waals surface area contributed by atoms with Crippen LogP contribution in [0.1, 0.15) is 10.4 Å². The second-order valence-corrected chi connectivity index (χ2v) is 3.85. The summed E-state index contributed by atoms with van der Waals surface area (Å²) in [6.45, 7) is 1.20.